The van der Waals surface area contributed by atoms with E-state index in [0.717, 1.165) is 22.5 Å². The third kappa shape index (κ3) is 3.96. The fraction of sp³-hybridized carbons (Fsp3) is 0.231. The van der Waals surface area contributed by atoms with Crippen LogP contribution in [-0.2, 0) is 17.8 Å². The highest BCUT2D eigenvalue weighted by Gasteiger charge is 2.29. The van der Waals surface area contributed by atoms with Crippen LogP contribution in [-0.4, -0.2) is 42.9 Å². The molecule has 162 valence electrons. The van der Waals surface area contributed by atoms with Crippen molar-refractivity contribution >= 4 is 23.2 Å². The smallest absolute Gasteiger partial charge is 0.253 e. The number of hydrogen-bond acceptors (Lipinski definition) is 3. The molecular formula is C26H24FN3O2. The van der Waals surface area contributed by atoms with Gasteiger partial charge < -0.3 is 14.7 Å². The van der Waals surface area contributed by atoms with Gasteiger partial charge in [-0.05, 0) is 53.6 Å². The van der Waals surface area contributed by atoms with Crippen LogP contribution in [0.25, 0.3) is 0 Å². The highest BCUT2D eigenvalue weighted by Crippen LogP contribution is 2.31. The van der Waals surface area contributed by atoms with Crippen molar-refractivity contribution in [2.75, 3.05) is 36.0 Å². The Hall–Kier alpha value is -3.67. The molecule has 5 nitrogen and oxygen atoms in total. The molecule has 0 aliphatic carbocycles. The van der Waals surface area contributed by atoms with E-state index in [4.69, 9.17) is 0 Å². The molecule has 3 aromatic carbocycles. The predicted molar refractivity (Wildman–Crippen MR) is 122 cm³/mol. The zero-order valence-corrected chi connectivity index (χ0v) is 17.7. The Balaban J connectivity index is 1.26. The largest absolute Gasteiger partial charge is 0.368 e. The van der Waals surface area contributed by atoms with E-state index in [-0.39, 0.29) is 17.6 Å². The molecule has 0 unspecified atom stereocenters. The van der Waals surface area contributed by atoms with Gasteiger partial charge in [0.05, 0.1) is 13.0 Å². The van der Waals surface area contributed by atoms with Crippen molar-refractivity contribution < 1.29 is 14.0 Å². The second-order valence-electron chi connectivity index (χ2n) is 8.24. The third-order valence-corrected chi connectivity index (χ3v) is 6.20. The number of fused-ring (bicyclic) bond motifs is 1. The van der Waals surface area contributed by atoms with E-state index in [1.807, 2.05) is 53.4 Å². The maximum absolute atomic E-state index is 13.2. The summed E-state index contributed by atoms with van der Waals surface area (Å²) < 4.78 is 13.2. The zero-order valence-electron chi connectivity index (χ0n) is 17.7. The van der Waals surface area contributed by atoms with Crippen LogP contribution in [0.1, 0.15) is 21.5 Å². The van der Waals surface area contributed by atoms with Crippen molar-refractivity contribution in [2.45, 2.75) is 13.0 Å². The molecule has 0 radical (unpaired) electrons. The standard InChI is InChI=1S/C26H24FN3O2/c27-22-7-9-23(10-8-22)28-12-14-29(15-13-28)26(32)20-6-11-24-21(16-20)17-25(31)30(24)18-19-4-2-1-3-5-19/h1-11,16H,12-15,17-18H2. The SMILES string of the molecule is O=C(c1ccc2c(c1)CC(=O)N2Cc1ccccc1)N1CCN(c2ccc(F)cc2)CC1. The number of nitrogens with zero attached hydrogens (tertiary/aromatic N) is 3. The van der Waals surface area contributed by atoms with Crippen molar-refractivity contribution in [1.29, 1.82) is 0 Å². The summed E-state index contributed by atoms with van der Waals surface area (Å²) in [6, 6.07) is 22.0. The van der Waals surface area contributed by atoms with E-state index >= 15 is 0 Å². The summed E-state index contributed by atoms with van der Waals surface area (Å²) in [7, 11) is 0. The molecule has 0 N–H and O–H groups in total. The van der Waals surface area contributed by atoms with Gasteiger partial charge in [0.25, 0.3) is 5.91 Å². The van der Waals surface area contributed by atoms with E-state index in [1.165, 1.54) is 12.1 Å². The first-order chi connectivity index (χ1) is 15.6. The molecule has 2 aliphatic rings. The zero-order chi connectivity index (χ0) is 22.1. The van der Waals surface area contributed by atoms with Gasteiger partial charge >= 0.3 is 0 Å². The Morgan fingerprint density at radius 3 is 2.31 bits per heavy atom. The normalized spacial score (nSPS) is 15.8. The summed E-state index contributed by atoms with van der Waals surface area (Å²) in [4.78, 5) is 31.5. The van der Waals surface area contributed by atoms with Gasteiger partial charge in [-0.15, -0.1) is 0 Å². The predicted octanol–water partition coefficient (Wildman–Crippen LogP) is 3.88. The first-order valence-corrected chi connectivity index (χ1v) is 10.9. The van der Waals surface area contributed by atoms with Crippen molar-refractivity contribution in [3.8, 4) is 0 Å². The van der Waals surface area contributed by atoms with Gasteiger partial charge in [-0.3, -0.25) is 9.59 Å². The Bertz CT molecular complexity index is 1140. The number of piperazine rings is 1. The van der Waals surface area contributed by atoms with E-state index in [2.05, 4.69) is 4.90 Å². The lowest BCUT2D eigenvalue weighted by Gasteiger charge is -2.36. The first-order valence-electron chi connectivity index (χ1n) is 10.9. The number of rotatable bonds is 4. The van der Waals surface area contributed by atoms with Gasteiger partial charge in [0, 0.05) is 43.1 Å². The minimum absolute atomic E-state index is 0.0134. The van der Waals surface area contributed by atoms with Crippen LogP contribution in [0.15, 0.2) is 72.8 Å². The summed E-state index contributed by atoms with van der Waals surface area (Å²) in [5, 5.41) is 0. The van der Waals surface area contributed by atoms with Gasteiger partial charge in [0.2, 0.25) is 5.91 Å². The number of amides is 2. The number of carbonyl (C=O) groups is 2. The van der Waals surface area contributed by atoms with Gasteiger partial charge in [0.15, 0.2) is 0 Å². The van der Waals surface area contributed by atoms with Crippen molar-refractivity contribution in [3.63, 3.8) is 0 Å². The molecule has 2 aliphatic heterocycles. The summed E-state index contributed by atoms with van der Waals surface area (Å²) >= 11 is 0. The molecule has 1 fully saturated rings. The van der Waals surface area contributed by atoms with Gasteiger partial charge in [-0.2, -0.15) is 0 Å². The maximum Gasteiger partial charge on any atom is 0.253 e. The van der Waals surface area contributed by atoms with Crippen LogP contribution in [0.2, 0.25) is 0 Å². The number of benzene rings is 3. The lowest BCUT2D eigenvalue weighted by Crippen LogP contribution is -2.48. The lowest BCUT2D eigenvalue weighted by molar-refractivity contribution is -0.117. The highest BCUT2D eigenvalue weighted by molar-refractivity contribution is 6.03. The minimum Gasteiger partial charge on any atom is -0.368 e. The molecule has 1 saturated heterocycles. The molecule has 0 aromatic heterocycles. The maximum atomic E-state index is 13.2. The van der Waals surface area contributed by atoms with Crippen LogP contribution < -0.4 is 9.80 Å². The van der Waals surface area contributed by atoms with E-state index in [9.17, 15) is 14.0 Å². The average molecular weight is 429 g/mol. The fourth-order valence-electron chi connectivity index (χ4n) is 4.46. The fourth-order valence-corrected chi connectivity index (χ4v) is 4.46. The molecule has 0 atom stereocenters. The van der Waals surface area contributed by atoms with E-state index < -0.39 is 0 Å². The van der Waals surface area contributed by atoms with Gasteiger partial charge in [-0.25, -0.2) is 4.39 Å². The van der Waals surface area contributed by atoms with Crippen LogP contribution in [0.3, 0.4) is 0 Å². The van der Waals surface area contributed by atoms with Crippen molar-refractivity contribution in [2.24, 2.45) is 0 Å². The summed E-state index contributed by atoms with van der Waals surface area (Å²) in [6.07, 6.45) is 0.321. The Morgan fingerprint density at radius 2 is 1.59 bits per heavy atom. The summed E-state index contributed by atoms with van der Waals surface area (Å²) in [6.45, 7) is 3.14. The molecule has 0 spiro atoms. The molecule has 0 bridgehead atoms. The second-order valence-corrected chi connectivity index (χ2v) is 8.24. The van der Waals surface area contributed by atoms with Crippen LogP contribution in [0.4, 0.5) is 15.8 Å². The van der Waals surface area contributed by atoms with Crippen molar-refractivity contribution in [1.82, 2.24) is 4.90 Å². The second kappa shape index (κ2) is 8.46. The highest BCUT2D eigenvalue weighted by atomic mass is 19.1. The molecule has 32 heavy (non-hydrogen) atoms. The molecule has 2 heterocycles. The van der Waals surface area contributed by atoms with E-state index in [0.29, 0.717) is 44.7 Å². The number of hydrogen-bond donors (Lipinski definition) is 0. The molecule has 0 saturated carbocycles. The van der Waals surface area contributed by atoms with Gasteiger partial charge in [-0.1, -0.05) is 30.3 Å². The Morgan fingerprint density at radius 1 is 0.875 bits per heavy atom. The lowest BCUT2D eigenvalue weighted by atomic mass is 10.1. The molecule has 5 rings (SSSR count). The van der Waals surface area contributed by atoms with Crippen LogP contribution in [0.5, 0.6) is 0 Å². The van der Waals surface area contributed by atoms with Crippen LogP contribution >= 0.6 is 0 Å². The van der Waals surface area contributed by atoms with Crippen LogP contribution in [0, 0.1) is 5.82 Å². The Kier molecular flexibility index (Phi) is 5.35. The number of carbonyl (C=O) groups excluding carboxylic acids is 2. The molecule has 6 heteroatoms. The quantitative estimate of drug-likeness (QED) is 0.632. The van der Waals surface area contributed by atoms with Crippen molar-refractivity contribution in [3.05, 3.63) is 95.3 Å². The van der Waals surface area contributed by atoms with E-state index in [1.54, 1.807) is 17.0 Å². The first kappa shape index (κ1) is 20.2. The monoisotopic (exact) mass is 429 g/mol. The number of anilines is 2. The third-order valence-electron chi connectivity index (χ3n) is 6.20. The van der Waals surface area contributed by atoms with Gasteiger partial charge in [0.1, 0.15) is 5.82 Å². The molecule has 3 aromatic rings. The Labute approximate surface area is 186 Å². The molecule has 2 amide bonds. The minimum atomic E-state index is -0.250. The summed E-state index contributed by atoms with van der Waals surface area (Å²) in [5.41, 5.74) is 4.45. The topological polar surface area (TPSA) is 43.9 Å². The molecular weight excluding hydrogens is 405 g/mol. The summed E-state index contributed by atoms with van der Waals surface area (Å²) in [5.74, 6) is -0.207. The average Bonchev–Trinajstić information content (AvgIpc) is 3.14. The number of halogens is 1.